The molecule has 1 aromatic heterocycles. The van der Waals surface area contributed by atoms with Gasteiger partial charge in [-0.3, -0.25) is 0 Å². The van der Waals surface area contributed by atoms with Gasteiger partial charge < -0.3 is 9.47 Å². The van der Waals surface area contributed by atoms with Gasteiger partial charge in [0.2, 0.25) is 0 Å². The number of nitrogens with zero attached hydrogens (tertiary/aromatic N) is 1. The number of ether oxygens (including phenoxy) is 2. The van der Waals surface area contributed by atoms with Crippen molar-refractivity contribution < 1.29 is 14.3 Å². The van der Waals surface area contributed by atoms with E-state index in [0.717, 1.165) is 16.5 Å². The molecule has 1 heterocycles. The molecule has 4 heteroatoms. The van der Waals surface area contributed by atoms with Gasteiger partial charge in [0.05, 0.1) is 0 Å². The molecule has 0 bridgehead atoms. The molecule has 3 aromatic carbocycles. The van der Waals surface area contributed by atoms with Crippen molar-refractivity contribution in [2.45, 2.75) is 13.2 Å². The monoisotopic (exact) mass is 357 g/mol. The van der Waals surface area contributed by atoms with Crippen molar-refractivity contribution >= 4 is 17.0 Å². The van der Waals surface area contributed by atoms with Crippen LogP contribution >= 0.6 is 0 Å². The molecule has 0 radical (unpaired) electrons. The Kier molecular flexibility index (Phi) is 4.88. The number of carbonyl (C=O) groups is 1. The molecule has 0 fully saturated rings. The highest BCUT2D eigenvalue weighted by Gasteiger charge is 2.14. The third kappa shape index (κ3) is 3.85. The summed E-state index contributed by atoms with van der Waals surface area (Å²) in [5.74, 6) is 0.651. The molecule has 0 amide bonds. The Hall–Kier alpha value is -3.53. The number of hydrogen-bond donors (Lipinski definition) is 0. The second-order valence-corrected chi connectivity index (χ2v) is 6.19. The molecule has 4 rings (SSSR count). The van der Waals surface area contributed by atoms with Crippen molar-refractivity contribution in [1.82, 2.24) is 4.57 Å². The van der Waals surface area contributed by atoms with E-state index in [2.05, 4.69) is 0 Å². The van der Waals surface area contributed by atoms with Gasteiger partial charge in [0.15, 0.2) is 0 Å². The van der Waals surface area contributed by atoms with E-state index >= 15 is 0 Å². The van der Waals surface area contributed by atoms with E-state index in [1.165, 1.54) is 4.57 Å². The fraction of sp³-hybridized carbons (Fsp3) is 0.0870. The van der Waals surface area contributed by atoms with E-state index in [0.29, 0.717) is 17.9 Å². The molecule has 0 aliphatic heterocycles. The third-order valence-corrected chi connectivity index (χ3v) is 4.31. The Balaban J connectivity index is 1.55. The summed E-state index contributed by atoms with van der Waals surface area (Å²) in [4.78, 5) is 12.6. The Morgan fingerprint density at radius 1 is 0.741 bits per heavy atom. The number of para-hydroxylation sites is 1. The van der Waals surface area contributed by atoms with Crippen LogP contribution in [0.4, 0.5) is 4.79 Å². The van der Waals surface area contributed by atoms with Crippen molar-refractivity contribution in [1.29, 1.82) is 0 Å². The standard InChI is InChI=1S/C23H19NO3/c25-23(27-17-19-10-5-2-6-11-19)24-15-14-20-12-7-13-21(22(20)24)26-16-18-8-3-1-4-9-18/h1-15H,16-17H2. The van der Waals surface area contributed by atoms with Crippen LogP contribution in [-0.2, 0) is 18.0 Å². The topological polar surface area (TPSA) is 40.5 Å². The van der Waals surface area contributed by atoms with Crippen LogP contribution in [0.1, 0.15) is 11.1 Å². The summed E-state index contributed by atoms with van der Waals surface area (Å²) in [6.45, 7) is 0.663. The van der Waals surface area contributed by atoms with E-state index in [1.807, 2.05) is 84.9 Å². The van der Waals surface area contributed by atoms with Crippen LogP contribution in [0.3, 0.4) is 0 Å². The van der Waals surface area contributed by atoms with Crippen molar-refractivity contribution in [3.8, 4) is 5.75 Å². The van der Waals surface area contributed by atoms with Gasteiger partial charge in [-0.2, -0.15) is 0 Å². The molecule has 4 aromatic rings. The number of fused-ring (bicyclic) bond motifs is 1. The molecule has 0 saturated heterocycles. The van der Waals surface area contributed by atoms with Crippen LogP contribution in [0, 0.1) is 0 Å². The number of aromatic nitrogens is 1. The zero-order chi connectivity index (χ0) is 18.5. The molecule has 0 N–H and O–H groups in total. The lowest BCUT2D eigenvalue weighted by Gasteiger charge is -2.11. The average Bonchev–Trinajstić information content (AvgIpc) is 3.17. The van der Waals surface area contributed by atoms with Gasteiger partial charge in [0.25, 0.3) is 0 Å². The van der Waals surface area contributed by atoms with Gasteiger partial charge >= 0.3 is 6.09 Å². The Morgan fingerprint density at radius 3 is 2.11 bits per heavy atom. The highest BCUT2D eigenvalue weighted by atomic mass is 16.5. The van der Waals surface area contributed by atoms with Gasteiger partial charge in [0.1, 0.15) is 24.5 Å². The van der Waals surface area contributed by atoms with E-state index < -0.39 is 6.09 Å². The summed E-state index contributed by atoms with van der Waals surface area (Å²) >= 11 is 0. The van der Waals surface area contributed by atoms with Crippen LogP contribution in [0.25, 0.3) is 10.9 Å². The fourth-order valence-electron chi connectivity index (χ4n) is 2.95. The van der Waals surface area contributed by atoms with Gasteiger partial charge in [-0.25, -0.2) is 9.36 Å². The Labute approximate surface area is 157 Å². The van der Waals surface area contributed by atoms with Crippen LogP contribution < -0.4 is 4.74 Å². The minimum atomic E-state index is -0.426. The minimum Gasteiger partial charge on any atom is -0.487 e. The summed E-state index contributed by atoms with van der Waals surface area (Å²) < 4.78 is 13.0. The molecular formula is C23H19NO3. The maximum Gasteiger partial charge on any atom is 0.418 e. The highest BCUT2D eigenvalue weighted by Crippen LogP contribution is 2.27. The Morgan fingerprint density at radius 2 is 1.41 bits per heavy atom. The predicted octanol–water partition coefficient (Wildman–Crippen LogP) is 5.41. The maximum atomic E-state index is 12.6. The van der Waals surface area contributed by atoms with Crippen LogP contribution in [0.5, 0.6) is 5.75 Å². The van der Waals surface area contributed by atoms with Crippen molar-refractivity contribution in [3.05, 3.63) is 102 Å². The van der Waals surface area contributed by atoms with Crippen LogP contribution in [0.15, 0.2) is 91.1 Å². The zero-order valence-corrected chi connectivity index (χ0v) is 14.7. The zero-order valence-electron chi connectivity index (χ0n) is 14.7. The summed E-state index contributed by atoms with van der Waals surface area (Å²) in [5.41, 5.74) is 2.73. The van der Waals surface area contributed by atoms with Crippen LogP contribution in [-0.4, -0.2) is 10.7 Å². The average molecular weight is 357 g/mol. The Bertz CT molecular complexity index is 1040. The number of hydrogen-bond acceptors (Lipinski definition) is 3. The second-order valence-electron chi connectivity index (χ2n) is 6.19. The van der Waals surface area contributed by atoms with Crippen molar-refractivity contribution in [2.24, 2.45) is 0 Å². The molecule has 27 heavy (non-hydrogen) atoms. The summed E-state index contributed by atoms with van der Waals surface area (Å²) in [6, 6.07) is 27.2. The highest BCUT2D eigenvalue weighted by molar-refractivity contribution is 5.93. The molecule has 0 atom stereocenters. The summed E-state index contributed by atoms with van der Waals surface area (Å²) in [6.07, 6.45) is 1.29. The molecule has 0 saturated carbocycles. The largest absolute Gasteiger partial charge is 0.487 e. The molecule has 0 spiro atoms. The first-order valence-electron chi connectivity index (χ1n) is 8.79. The van der Waals surface area contributed by atoms with E-state index in [4.69, 9.17) is 9.47 Å². The second kappa shape index (κ2) is 7.79. The van der Waals surface area contributed by atoms with Crippen molar-refractivity contribution in [2.75, 3.05) is 0 Å². The normalized spacial score (nSPS) is 10.7. The van der Waals surface area contributed by atoms with E-state index in [1.54, 1.807) is 6.20 Å². The smallest absolute Gasteiger partial charge is 0.418 e. The molecule has 0 aliphatic rings. The fourth-order valence-corrected chi connectivity index (χ4v) is 2.95. The first-order valence-corrected chi connectivity index (χ1v) is 8.79. The molecule has 4 nitrogen and oxygen atoms in total. The molecule has 0 unspecified atom stereocenters. The first kappa shape index (κ1) is 16.9. The lowest BCUT2D eigenvalue weighted by molar-refractivity contribution is 0.142. The summed E-state index contributed by atoms with van der Waals surface area (Å²) in [7, 11) is 0. The minimum absolute atomic E-state index is 0.229. The predicted molar refractivity (Wildman–Crippen MR) is 105 cm³/mol. The number of carbonyl (C=O) groups excluding carboxylic acids is 1. The maximum absolute atomic E-state index is 12.6. The van der Waals surface area contributed by atoms with Crippen molar-refractivity contribution in [3.63, 3.8) is 0 Å². The van der Waals surface area contributed by atoms with Crippen LogP contribution in [0.2, 0.25) is 0 Å². The first-order chi connectivity index (χ1) is 13.3. The number of benzene rings is 3. The molecular weight excluding hydrogens is 338 g/mol. The lowest BCUT2D eigenvalue weighted by Crippen LogP contribution is -2.13. The molecule has 134 valence electrons. The lowest BCUT2D eigenvalue weighted by atomic mass is 10.2. The third-order valence-electron chi connectivity index (χ3n) is 4.31. The quantitative estimate of drug-likeness (QED) is 0.480. The van der Waals surface area contributed by atoms with Gasteiger partial charge in [-0.15, -0.1) is 0 Å². The van der Waals surface area contributed by atoms with Gasteiger partial charge in [0, 0.05) is 11.6 Å². The van der Waals surface area contributed by atoms with Gasteiger partial charge in [-0.1, -0.05) is 72.8 Å². The SMILES string of the molecule is O=C(OCc1ccccc1)n1ccc2cccc(OCc3ccccc3)c21. The van der Waals surface area contributed by atoms with E-state index in [-0.39, 0.29) is 6.61 Å². The molecule has 0 aliphatic carbocycles. The summed E-state index contributed by atoms with van der Waals surface area (Å²) in [5, 5.41) is 0.928. The van der Waals surface area contributed by atoms with Gasteiger partial charge in [-0.05, 0) is 23.3 Å². The van der Waals surface area contributed by atoms with E-state index in [9.17, 15) is 4.79 Å². The number of rotatable bonds is 5.